The van der Waals surface area contributed by atoms with E-state index < -0.39 is 65.5 Å². The number of hydrogen-bond acceptors (Lipinski definition) is 8. The zero-order valence-electron chi connectivity index (χ0n) is 32.6. The van der Waals surface area contributed by atoms with Gasteiger partial charge in [0.25, 0.3) is 0 Å². The van der Waals surface area contributed by atoms with Gasteiger partial charge >= 0.3 is 12.4 Å². The molecule has 0 radical (unpaired) electrons. The van der Waals surface area contributed by atoms with Crippen LogP contribution in [0.2, 0.25) is 0 Å². The predicted octanol–water partition coefficient (Wildman–Crippen LogP) is 10.9. The van der Waals surface area contributed by atoms with Gasteiger partial charge in [0.1, 0.15) is 45.8 Å². The summed E-state index contributed by atoms with van der Waals surface area (Å²) in [6.07, 6.45) is -5.65. The third-order valence-corrected chi connectivity index (χ3v) is 9.24. The van der Waals surface area contributed by atoms with Crippen LogP contribution in [-0.4, -0.2) is 53.0 Å². The minimum Gasteiger partial charge on any atom is -0.496 e. The Morgan fingerprint density at radius 3 is 1.64 bits per heavy atom. The molecule has 0 fully saturated rings. The van der Waals surface area contributed by atoms with Crippen LogP contribution in [0.3, 0.4) is 0 Å². The van der Waals surface area contributed by atoms with Crippen LogP contribution in [0.15, 0.2) is 94.3 Å². The predicted molar refractivity (Wildman–Crippen MR) is 200 cm³/mol. The molecule has 4 aromatic heterocycles. The smallest absolute Gasteiger partial charge is 0.450 e. The molecular weight excluding hydrogens is 780 g/mol. The van der Waals surface area contributed by atoms with Crippen LogP contribution in [0.25, 0.3) is 21.9 Å². The zero-order valence-corrected chi connectivity index (χ0v) is 32.6. The molecule has 2 aromatic carbocycles. The molecule has 16 heteroatoms. The van der Waals surface area contributed by atoms with Gasteiger partial charge in [-0.15, -0.1) is 0 Å². The number of aromatic nitrogens is 2. The lowest BCUT2D eigenvalue weighted by atomic mass is 9.73. The van der Waals surface area contributed by atoms with Crippen LogP contribution >= 0.6 is 0 Å². The molecule has 6 rings (SSSR count). The summed E-state index contributed by atoms with van der Waals surface area (Å²) in [6, 6.07) is 14.0. The Hall–Kier alpha value is -5.51. The molecule has 0 saturated heterocycles. The van der Waals surface area contributed by atoms with E-state index in [2.05, 4.69) is 9.97 Å². The highest BCUT2D eigenvalue weighted by Gasteiger charge is 2.56. The summed E-state index contributed by atoms with van der Waals surface area (Å²) in [5.41, 5.74) is -3.79. The van der Waals surface area contributed by atoms with Gasteiger partial charge in [-0.2, -0.15) is 26.3 Å². The fourth-order valence-corrected chi connectivity index (χ4v) is 6.44. The molecule has 0 saturated carbocycles. The van der Waals surface area contributed by atoms with Crippen molar-refractivity contribution in [3.05, 3.63) is 120 Å². The minimum atomic E-state index is -4.94. The Bertz CT molecular complexity index is 2260. The number of hydrogen-bond donors (Lipinski definition) is 1. The summed E-state index contributed by atoms with van der Waals surface area (Å²) in [5, 5.41) is 12.3. The number of pyridine rings is 2. The number of alkyl halides is 6. The Morgan fingerprint density at radius 2 is 1.19 bits per heavy atom. The summed E-state index contributed by atoms with van der Waals surface area (Å²) >= 11 is 0. The van der Waals surface area contributed by atoms with Crippen LogP contribution in [0.4, 0.5) is 35.1 Å². The maximum Gasteiger partial charge on any atom is 0.450 e. The lowest BCUT2D eigenvalue weighted by Crippen LogP contribution is -2.50. The van der Waals surface area contributed by atoms with Gasteiger partial charge in [0.05, 0.1) is 14.2 Å². The molecule has 1 unspecified atom stereocenters. The standard InChI is InChI=1S/C21H21F4NO3.C13H14F4O2.C8H7NO/c1-19(2,16-9-14(22)4-5-18(16)28-3)12-20(27,21(23,24)25)10-15-8-13-11-26-7-6-17(13)29-15;1-12(2,7-11(18)13(15,16)17)9-6-8(14)4-5-10(9)19-3;1-6-4-7-5-9-3-2-8(7)10-6/h4-9,11,27H,10,12H2,1-3H3;4-6H,7H2,1-3H3;2-5H,1H3. The highest BCUT2D eigenvalue weighted by molar-refractivity contribution is 5.85. The second kappa shape index (κ2) is 17.5. The second-order valence-electron chi connectivity index (χ2n) is 14.8. The van der Waals surface area contributed by atoms with Crippen molar-refractivity contribution in [1.29, 1.82) is 0 Å². The van der Waals surface area contributed by atoms with Crippen molar-refractivity contribution in [2.45, 2.75) is 82.7 Å². The summed E-state index contributed by atoms with van der Waals surface area (Å²) in [7, 11) is 2.68. The summed E-state index contributed by atoms with van der Waals surface area (Å²) < 4.78 is 127. The van der Waals surface area contributed by atoms with Gasteiger partial charge in [0, 0.05) is 64.9 Å². The lowest BCUT2D eigenvalue weighted by molar-refractivity contribution is -0.267. The van der Waals surface area contributed by atoms with Gasteiger partial charge in [-0.05, 0) is 79.4 Å². The third kappa shape index (κ3) is 11.1. The molecule has 0 aliphatic rings. The van der Waals surface area contributed by atoms with Gasteiger partial charge in [-0.1, -0.05) is 27.7 Å². The number of aryl methyl sites for hydroxylation is 1. The molecule has 1 N–H and O–H groups in total. The number of methoxy groups -OCH3 is 2. The van der Waals surface area contributed by atoms with Crippen LogP contribution in [0.1, 0.15) is 63.2 Å². The molecule has 1 atom stereocenters. The second-order valence-corrected chi connectivity index (χ2v) is 14.8. The summed E-state index contributed by atoms with van der Waals surface area (Å²) in [5.74, 6) is -1.63. The van der Waals surface area contributed by atoms with E-state index in [0.717, 1.165) is 41.0 Å². The number of furan rings is 2. The Kier molecular flexibility index (Phi) is 13.7. The fraction of sp³-hybridized carbons (Fsp3) is 0.357. The molecule has 312 valence electrons. The van der Waals surface area contributed by atoms with E-state index in [1.807, 2.05) is 19.1 Å². The van der Waals surface area contributed by atoms with E-state index in [1.165, 1.54) is 78.6 Å². The number of ether oxygens (including phenoxy) is 2. The normalized spacial score (nSPS) is 13.2. The molecule has 0 aliphatic heterocycles. The van der Waals surface area contributed by atoms with E-state index in [9.17, 15) is 45.0 Å². The number of carbonyl (C=O) groups is 1. The number of aliphatic hydroxyl groups is 1. The first kappa shape index (κ1) is 45.2. The van der Waals surface area contributed by atoms with Gasteiger partial charge in [-0.3, -0.25) is 14.8 Å². The van der Waals surface area contributed by atoms with Crippen molar-refractivity contribution in [3.63, 3.8) is 0 Å². The van der Waals surface area contributed by atoms with Gasteiger partial charge in [0.15, 0.2) is 5.60 Å². The van der Waals surface area contributed by atoms with E-state index >= 15 is 0 Å². The molecular formula is C42H42F8N2O6. The maximum atomic E-state index is 13.9. The Labute approximate surface area is 328 Å². The molecule has 8 nitrogen and oxygen atoms in total. The van der Waals surface area contributed by atoms with Crippen LogP contribution in [0, 0.1) is 18.6 Å². The van der Waals surface area contributed by atoms with Gasteiger partial charge in [0.2, 0.25) is 5.78 Å². The average Bonchev–Trinajstić information content (AvgIpc) is 3.72. The van der Waals surface area contributed by atoms with Crippen molar-refractivity contribution in [3.8, 4) is 11.5 Å². The molecule has 0 spiro atoms. The monoisotopic (exact) mass is 822 g/mol. The lowest BCUT2D eigenvalue weighted by Gasteiger charge is -2.38. The fourth-order valence-electron chi connectivity index (χ4n) is 6.44. The zero-order chi connectivity index (χ0) is 43.3. The first-order valence-corrected chi connectivity index (χ1v) is 17.6. The number of halogens is 8. The highest BCUT2D eigenvalue weighted by atomic mass is 19.4. The number of benzene rings is 2. The van der Waals surface area contributed by atoms with Crippen LogP contribution in [-0.2, 0) is 22.0 Å². The van der Waals surface area contributed by atoms with Crippen molar-refractivity contribution in [1.82, 2.24) is 9.97 Å². The van der Waals surface area contributed by atoms with Crippen molar-refractivity contribution < 1.29 is 63.3 Å². The quantitative estimate of drug-likeness (QED) is 0.136. The molecule has 4 heterocycles. The molecule has 0 bridgehead atoms. The van der Waals surface area contributed by atoms with Crippen molar-refractivity contribution >= 4 is 27.7 Å². The van der Waals surface area contributed by atoms with Crippen molar-refractivity contribution in [2.24, 2.45) is 0 Å². The first-order chi connectivity index (χ1) is 26.9. The SMILES string of the molecule is COc1ccc(F)cc1C(C)(C)CC(=O)C(F)(F)F.COc1ccc(F)cc1C(C)(C)CC(O)(Cc1cc2cnccc2o1)C(F)(F)F.Cc1cc2cnccc2o1. The third-order valence-electron chi connectivity index (χ3n) is 9.24. The topological polar surface area (TPSA) is 108 Å². The summed E-state index contributed by atoms with van der Waals surface area (Å²) in [6.45, 7) is 7.81. The number of nitrogens with zero attached hydrogens (tertiary/aromatic N) is 2. The van der Waals surface area contributed by atoms with Gasteiger partial charge in [-0.25, -0.2) is 8.78 Å². The Balaban J connectivity index is 0.000000218. The first-order valence-electron chi connectivity index (χ1n) is 17.6. The molecule has 6 aromatic rings. The Morgan fingerprint density at radius 1 is 0.707 bits per heavy atom. The highest BCUT2D eigenvalue weighted by Crippen LogP contribution is 2.45. The number of fused-ring (bicyclic) bond motifs is 2. The largest absolute Gasteiger partial charge is 0.496 e. The van der Waals surface area contributed by atoms with E-state index in [-0.39, 0.29) is 28.4 Å². The average molecular weight is 823 g/mol. The summed E-state index contributed by atoms with van der Waals surface area (Å²) in [4.78, 5) is 18.9. The molecule has 58 heavy (non-hydrogen) atoms. The minimum absolute atomic E-state index is 0.0187. The van der Waals surface area contributed by atoms with E-state index in [0.29, 0.717) is 11.0 Å². The van der Waals surface area contributed by atoms with Gasteiger partial charge < -0.3 is 23.4 Å². The van der Waals surface area contributed by atoms with Crippen molar-refractivity contribution in [2.75, 3.05) is 14.2 Å². The number of rotatable bonds is 10. The van der Waals surface area contributed by atoms with Crippen LogP contribution < -0.4 is 9.47 Å². The maximum absolute atomic E-state index is 13.9. The molecule has 0 aliphatic carbocycles. The number of ketones is 1. The molecule has 0 amide bonds. The number of carbonyl (C=O) groups excluding carboxylic acids is 1. The van der Waals surface area contributed by atoms with E-state index in [1.54, 1.807) is 12.4 Å². The van der Waals surface area contributed by atoms with E-state index in [4.69, 9.17) is 18.3 Å². The number of Topliss-reactive ketones (excluding diaryl/α,β-unsaturated/α-hetero) is 1. The van der Waals surface area contributed by atoms with Crippen LogP contribution in [0.5, 0.6) is 11.5 Å².